The molecule has 1 saturated heterocycles. The number of unbranched alkanes of at least 4 members (excludes halogenated alkanes) is 2. The number of likely N-dealkylation sites (N-methyl/N-ethyl adjacent to an activating group) is 1. The predicted octanol–water partition coefficient (Wildman–Crippen LogP) is 3.15. The van der Waals surface area contributed by atoms with E-state index in [0.29, 0.717) is 12.2 Å². The summed E-state index contributed by atoms with van der Waals surface area (Å²) in [7, 11) is 0. The van der Waals surface area contributed by atoms with Crippen molar-refractivity contribution in [3.05, 3.63) is 35.5 Å². The first-order valence-electron chi connectivity index (χ1n) is 12.3. The fourth-order valence-electron chi connectivity index (χ4n) is 5.41. The van der Waals surface area contributed by atoms with E-state index in [1.807, 2.05) is 6.07 Å². The van der Waals surface area contributed by atoms with Crippen LogP contribution in [-0.2, 0) is 17.8 Å². The number of hydrogen-bond donors (Lipinski definition) is 1. The lowest BCUT2D eigenvalue weighted by Crippen LogP contribution is -2.48. The third-order valence-electron chi connectivity index (χ3n) is 7.33. The van der Waals surface area contributed by atoms with E-state index in [0.717, 1.165) is 94.4 Å². The Morgan fingerprint density at radius 3 is 2.56 bits per heavy atom. The number of carbonyl (C=O) groups is 2. The summed E-state index contributed by atoms with van der Waals surface area (Å²) in [4.78, 5) is 29.9. The van der Waals surface area contributed by atoms with Gasteiger partial charge in [0.2, 0.25) is 0 Å². The summed E-state index contributed by atoms with van der Waals surface area (Å²) in [5.74, 6) is 0.341. The highest BCUT2D eigenvalue weighted by Crippen LogP contribution is 2.35. The normalized spacial score (nSPS) is 20.1. The first kappa shape index (κ1) is 23.1. The van der Waals surface area contributed by atoms with Crippen molar-refractivity contribution in [3.8, 4) is 0 Å². The van der Waals surface area contributed by atoms with E-state index in [1.54, 1.807) is 0 Å². The van der Waals surface area contributed by atoms with E-state index in [4.69, 9.17) is 5.11 Å². The molecule has 2 aromatic rings. The third kappa shape index (κ3) is 4.98. The van der Waals surface area contributed by atoms with Gasteiger partial charge in [0.1, 0.15) is 6.61 Å². The minimum absolute atomic E-state index is 0.0819. The summed E-state index contributed by atoms with van der Waals surface area (Å²) in [5.41, 5.74) is 3.32. The van der Waals surface area contributed by atoms with Crippen LogP contribution in [0, 0.1) is 5.92 Å². The van der Waals surface area contributed by atoms with Gasteiger partial charge in [0.05, 0.1) is 0 Å². The number of rotatable bonds is 10. The highest BCUT2D eigenvalue weighted by molar-refractivity contribution is 6.11. The molecule has 0 saturated carbocycles. The number of Topliss-reactive ketones (excluding diaryl/α,β-unsaturated/α-hetero) is 2. The topological polar surface area (TPSA) is 65.8 Å². The van der Waals surface area contributed by atoms with Gasteiger partial charge in [-0.25, -0.2) is 0 Å². The highest BCUT2D eigenvalue weighted by Gasteiger charge is 2.34. The standard InChI is InChI=1S/C26H37N3O3/c1-2-27-14-16-28(17-15-27)18-20-11-12-24-25(26(20)32)22-9-5-6-10-23(22)29(24)13-7-3-4-8-21(31)19-30/h5-6,9-10,20,30H,2-4,7-8,11-19H2,1H3. The Balaban J connectivity index is 1.45. The molecule has 1 aliphatic carbocycles. The first-order chi connectivity index (χ1) is 15.6. The Labute approximate surface area is 191 Å². The van der Waals surface area contributed by atoms with Gasteiger partial charge < -0.3 is 19.5 Å². The quantitative estimate of drug-likeness (QED) is 0.576. The van der Waals surface area contributed by atoms with Crippen LogP contribution in [0.3, 0.4) is 0 Å². The maximum atomic E-state index is 13.6. The number of benzene rings is 1. The van der Waals surface area contributed by atoms with Gasteiger partial charge in [0.25, 0.3) is 0 Å². The zero-order valence-corrected chi connectivity index (χ0v) is 19.4. The zero-order chi connectivity index (χ0) is 22.5. The Bertz CT molecular complexity index is 943. The smallest absolute Gasteiger partial charge is 0.169 e. The van der Waals surface area contributed by atoms with Crippen LogP contribution in [0.5, 0.6) is 0 Å². The van der Waals surface area contributed by atoms with E-state index < -0.39 is 0 Å². The first-order valence-corrected chi connectivity index (χ1v) is 12.3. The Morgan fingerprint density at radius 1 is 1.06 bits per heavy atom. The molecule has 2 aliphatic rings. The lowest BCUT2D eigenvalue weighted by molar-refractivity contribution is -0.121. The van der Waals surface area contributed by atoms with Crippen molar-refractivity contribution < 1.29 is 14.7 Å². The number of hydrogen-bond acceptors (Lipinski definition) is 5. The van der Waals surface area contributed by atoms with Gasteiger partial charge >= 0.3 is 0 Å². The van der Waals surface area contributed by atoms with Crippen LogP contribution >= 0.6 is 0 Å². The molecular formula is C26H37N3O3. The molecule has 1 fully saturated rings. The van der Waals surface area contributed by atoms with E-state index in [2.05, 4.69) is 39.5 Å². The molecular weight excluding hydrogens is 402 g/mol. The molecule has 0 bridgehead atoms. The molecule has 1 N–H and O–H groups in total. The lowest BCUT2D eigenvalue weighted by atomic mass is 9.84. The van der Waals surface area contributed by atoms with Crippen LogP contribution in [0.15, 0.2) is 24.3 Å². The molecule has 1 aromatic carbocycles. The lowest BCUT2D eigenvalue weighted by Gasteiger charge is -2.36. The second-order valence-electron chi connectivity index (χ2n) is 9.33. The molecule has 2 heterocycles. The summed E-state index contributed by atoms with van der Waals surface area (Å²) < 4.78 is 2.35. The largest absolute Gasteiger partial charge is 0.389 e. The van der Waals surface area contributed by atoms with Gasteiger partial charge in [0.15, 0.2) is 11.6 Å². The van der Waals surface area contributed by atoms with Crippen molar-refractivity contribution in [2.24, 2.45) is 5.92 Å². The molecule has 1 atom stereocenters. The SMILES string of the molecule is CCN1CCN(CC2CCc3c(c4ccccc4n3CCCCCC(=O)CO)C2=O)CC1. The average molecular weight is 440 g/mol. The molecule has 1 unspecified atom stereocenters. The number of para-hydroxylation sites is 1. The van der Waals surface area contributed by atoms with Crippen LogP contribution in [0.1, 0.15) is 55.1 Å². The van der Waals surface area contributed by atoms with Crippen LogP contribution in [-0.4, -0.2) is 76.9 Å². The number of nitrogens with zero attached hydrogens (tertiary/aromatic N) is 3. The van der Waals surface area contributed by atoms with Gasteiger partial charge in [-0.15, -0.1) is 0 Å². The minimum Gasteiger partial charge on any atom is -0.389 e. The molecule has 1 aromatic heterocycles. The zero-order valence-electron chi connectivity index (χ0n) is 19.4. The molecule has 0 amide bonds. The molecule has 1 aliphatic heterocycles. The van der Waals surface area contributed by atoms with Gasteiger partial charge in [-0.1, -0.05) is 31.5 Å². The van der Waals surface area contributed by atoms with Crippen LogP contribution in [0.2, 0.25) is 0 Å². The average Bonchev–Trinajstić information content (AvgIpc) is 3.15. The van der Waals surface area contributed by atoms with E-state index in [9.17, 15) is 9.59 Å². The fourth-order valence-corrected chi connectivity index (χ4v) is 5.41. The monoisotopic (exact) mass is 439 g/mol. The maximum Gasteiger partial charge on any atom is 0.169 e. The van der Waals surface area contributed by atoms with Gasteiger partial charge in [-0.3, -0.25) is 9.59 Å². The van der Waals surface area contributed by atoms with Gasteiger partial charge in [0, 0.05) is 73.8 Å². The maximum absolute atomic E-state index is 13.6. The van der Waals surface area contributed by atoms with Crippen molar-refractivity contribution in [2.45, 2.75) is 52.0 Å². The van der Waals surface area contributed by atoms with Crippen molar-refractivity contribution in [1.82, 2.24) is 14.4 Å². The van der Waals surface area contributed by atoms with Crippen LogP contribution < -0.4 is 0 Å². The van der Waals surface area contributed by atoms with Crippen LogP contribution in [0.4, 0.5) is 0 Å². The predicted molar refractivity (Wildman–Crippen MR) is 127 cm³/mol. The molecule has 0 radical (unpaired) electrons. The number of carbonyl (C=O) groups excluding carboxylic acids is 2. The van der Waals surface area contributed by atoms with Gasteiger partial charge in [-0.2, -0.15) is 0 Å². The summed E-state index contributed by atoms with van der Waals surface area (Å²) >= 11 is 0. The van der Waals surface area contributed by atoms with E-state index >= 15 is 0 Å². The number of aliphatic hydroxyl groups excluding tert-OH is 1. The summed E-state index contributed by atoms with van der Waals surface area (Å²) in [5, 5.41) is 9.97. The van der Waals surface area contributed by atoms with Gasteiger partial charge in [-0.05, 0) is 38.3 Å². The Morgan fingerprint density at radius 2 is 1.81 bits per heavy atom. The van der Waals surface area contributed by atoms with Crippen molar-refractivity contribution >= 4 is 22.5 Å². The molecule has 32 heavy (non-hydrogen) atoms. The molecule has 174 valence electrons. The molecule has 6 nitrogen and oxygen atoms in total. The minimum atomic E-state index is -0.354. The number of aryl methyl sites for hydroxylation is 1. The number of ketones is 2. The number of aromatic nitrogens is 1. The van der Waals surface area contributed by atoms with Crippen molar-refractivity contribution in [2.75, 3.05) is 45.9 Å². The summed E-state index contributed by atoms with van der Waals surface area (Å²) in [6, 6.07) is 8.33. The number of aliphatic hydroxyl groups is 1. The summed E-state index contributed by atoms with van der Waals surface area (Å²) in [6.45, 7) is 9.05. The highest BCUT2D eigenvalue weighted by atomic mass is 16.3. The van der Waals surface area contributed by atoms with E-state index in [1.165, 1.54) is 5.69 Å². The third-order valence-corrected chi connectivity index (χ3v) is 7.33. The molecule has 4 rings (SSSR count). The van der Waals surface area contributed by atoms with Crippen LogP contribution in [0.25, 0.3) is 10.9 Å². The number of fused-ring (bicyclic) bond motifs is 3. The Kier molecular flexibility index (Phi) is 7.76. The van der Waals surface area contributed by atoms with E-state index in [-0.39, 0.29) is 18.3 Å². The molecule has 6 heteroatoms. The summed E-state index contributed by atoms with van der Waals surface area (Å²) in [6.07, 6.45) is 5.08. The Hall–Kier alpha value is -2.02. The number of piperazine rings is 1. The fraction of sp³-hybridized carbons (Fsp3) is 0.615. The van der Waals surface area contributed by atoms with Crippen molar-refractivity contribution in [3.63, 3.8) is 0 Å². The second kappa shape index (κ2) is 10.7. The van der Waals surface area contributed by atoms with Crippen molar-refractivity contribution in [1.29, 1.82) is 0 Å². The second-order valence-corrected chi connectivity index (χ2v) is 9.33. The molecule has 0 spiro atoms.